The molecule has 1 atom stereocenters. The molecule has 1 aliphatic carbocycles. The van der Waals surface area contributed by atoms with Gasteiger partial charge in [-0.05, 0) is 43.7 Å². The summed E-state index contributed by atoms with van der Waals surface area (Å²) in [5.74, 6) is -1.20. The lowest BCUT2D eigenvalue weighted by molar-refractivity contribution is -0.142. The zero-order valence-electron chi connectivity index (χ0n) is 13.6. The van der Waals surface area contributed by atoms with Gasteiger partial charge in [-0.25, -0.2) is 9.18 Å². The average molecular weight is 334 g/mol. The molecule has 0 radical (unpaired) electrons. The predicted octanol–water partition coefficient (Wildman–Crippen LogP) is 2.97. The molecule has 2 aliphatic rings. The summed E-state index contributed by atoms with van der Waals surface area (Å²) in [5.41, 5.74) is 0.676. The van der Waals surface area contributed by atoms with Crippen molar-refractivity contribution in [1.82, 2.24) is 10.2 Å². The van der Waals surface area contributed by atoms with Crippen molar-refractivity contribution < 1.29 is 19.1 Å². The molecular formula is C18H23FN2O3. The Morgan fingerprint density at radius 2 is 1.83 bits per heavy atom. The standard InChI is InChI=1S/C18H23FN2O3/c19-16-4-2-1-3-15(16)13-9-10-21(11-13)18(24)20-14-7-5-12(6-8-14)17(22)23/h1-4,12-14H,5-11H2,(H,20,24)(H,22,23). The Kier molecular flexibility index (Phi) is 5.02. The second kappa shape index (κ2) is 7.20. The fourth-order valence-electron chi connectivity index (χ4n) is 3.76. The number of urea groups is 1. The Bertz CT molecular complexity index is 614. The number of rotatable bonds is 3. The van der Waals surface area contributed by atoms with Crippen molar-refractivity contribution in [2.75, 3.05) is 13.1 Å². The van der Waals surface area contributed by atoms with Gasteiger partial charge < -0.3 is 15.3 Å². The number of halogens is 1. The summed E-state index contributed by atoms with van der Waals surface area (Å²) < 4.78 is 13.9. The molecule has 2 amide bonds. The minimum atomic E-state index is -0.743. The molecule has 3 rings (SSSR count). The first-order valence-electron chi connectivity index (χ1n) is 8.57. The van der Waals surface area contributed by atoms with Crippen LogP contribution >= 0.6 is 0 Å². The second-order valence-electron chi connectivity index (χ2n) is 6.79. The first-order valence-corrected chi connectivity index (χ1v) is 8.57. The lowest BCUT2D eigenvalue weighted by Gasteiger charge is -2.28. The summed E-state index contributed by atoms with van der Waals surface area (Å²) in [6, 6.07) is 6.66. The van der Waals surface area contributed by atoms with Crippen LogP contribution in [0.3, 0.4) is 0 Å². The van der Waals surface area contributed by atoms with Gasteiger partial charge in [-0.15, -0.1) is 0 Å². The lowest BCUT2D eigenvalue weighted by atomic mass is 9.86. The van der Waals surface area contributed by atoms with Gasteiger partial charge in [0, 0.05) is 25.0 Å². The van der Waals surface area contributed by atoms with Crippen LogP contribution in [0.5, 0.6) is 0 Å². The molecule has 1 saturated heterocycles. The van der Waals surface area contributed by atoms with Gasteiger partial charge in [0.05, 0.1) is 5.92 Å². The van der Waals surface area contributed by atoms with Crippen LogP contribution in [-0.4, -0.2) is 41.1 Å². The highest BCUT2D eigenvalue weighted by Crippen LogP contribution is 2.29. The van der Waals surface area contributed by atoms with Crippen molar-refractivity contribution in [3.8, 4) is 0 Å². The normalized spacial score (nSPS) is 27.0. The van der Waals surface area contributed by atoms with Gasteiger partial charge in [-0.2, -0.15) is 0 Å². The van der Waals surface area contributed by atoms with Gasteiger partial charge in [-0.1, -0.05) is 18.2 Å². The third kappa shape index (κ3) is 3.68. The summed E-state index contributed by atoms with van der Waals surface area (Å²) in [6.07, 6.45) is 3.39. The molecule has 1 aliphatic heterocycles. The molecule has 0 bridgehead atoms. The number of hydrogen-bond donors (Lipinski definition) is 2. The van der Waals surface area contributed by atoms with E-state index in [0.717, 1.165) is 6.42 Å². The summed E-state index contributed by atoms with van der Waals surface area (Å²) in [7, 11) is 0. The zero-order valence-corrected chi connectivity index (χ0v) is 13.6. The SMILES string of the molecule is O=C(O)C1CCC(NC(=O)N2CCC(c3ccccc3F)C2)CC1. The molecule has 1 unspecified atom stereocenters. The molecule has 1 saturated carbocycles. The molecule has 130 valence electrons. The molecule has 0 aromatic heterocycles. The number of hydrogen-bond acceptors (Lipinski definition) is 2. The van der Waals surface area contributed by atoms with E-state index in [9.17, 15) is 14.0 Å². The maximum absolute atomic E-state index is 13.9. The van der Waals surface area contributed by atoms with Crippen molar-refractivity contribution in [3.63, 3.8) is 0 Å². The predicted molar refractivity (Wildman–Crippen MR) is 87.2 cm³/mol. The first kappa shape index (κ1) is 16.7. The third-order valence-corrected chi connectivity index (χ3v) is 5.22. The van der Waals surface area contributed by atoms with Crippen molar-refractivity contribution in [1.29, 1.82) is 0 Å². The number of amides is 2. The number of carboxylic acid groups (broad SMARTS) is 1. The van der Waals surface area contributed by atoms with Crippen LogP contribution in [0.25, 0.3) is 0 Å². The summed E-state index contributed by atoms with van der Waals surface area (Å²) >= 11 is 0. The maximum atomic E-state index is 13.9. The molecule has 5 nitrogen and oxygen atoms in total. The van der Waals surface area contributed by atoms with Crippen molar-refractivity contribution in [2.45, 2.75) is 44.1 Å². The van der Waals surface area contributed by atoms with Gasteiger partial charge in [0.15, 0.2) is 0 Å². The van der Waals surface area contributed by atoms with Gasteiger partial charge in [-0.3, -0.25) is 4.79 Å². The van der Waals surface area contributed by atoms with Crippen LogP contribution in [0.1, 0.15) is 43.6 Å². The summed E-state index contributed by atoms with van der Waals surface area (Å²) in [5, 5.41) is 12.0. The highest BCUT2D eigenvalue weighted by molar-refractivity contribution is 5.75. The van der Waals surface area contributed by atoms with Crippen molar-refractivity contribution >= 4 is 12.0 Å². The Morgan fingerprint density at radius 1 is 1.12 bits per heavy atom. The molecule has 0 spiro atoms. The number of aliphatic carboxylic acids is 1. The molecule has 2 fully saturated rings. The zero-order chi connectivity index (χ0) is 17.1. The molecule has 1 aromatic rings. The van der Waals surface area contributed by atoms with E-state index in [4.69, 9.17) is 5.11 Å². The van der Waals surface area contributed by atoms with Gasteiger partial charge >= 0.3 is 12.0 Å². The van der Waals surface area contributed by atoms with E-state index >= 15 is 0 Å². The van der Waals surface area contributed by atoms with E-state index in [1.54, 1.807) is 17.0 Å². The monoisotopic (exact) mass is 334 g/mol. The number of carbonyl (C=O) groups is 2. The van der Waals surface area contributed by atoms with E-state index in [1.165, 1.54) is 6.07 Å². The molecule has 1 heterocycles. The number of nitrogens with one attached hydrogen (secondary N) is 1. The number of carbonyl (C=O) groups excluding carboxylic acids is 1. The lowest BCUT2D eigenvalue weighted by Crippen LogP contribution is -2.45. The maximum Gasteiger partial charge on any atom is 0.317 e. The Balaban J connectivity index is 1.50. The van der Waals surface area contributed by atoms with Crippen LogP contribution < -0.4 is 5.32 Å². The second-order valence-corrected chi connectivity index (χ2v) is 6.79. The van der Waals surface area contributed by atoms with Gasteiger partial charge in [0.1, 0.15) is 5.82 Å². The van der Waals surface area contributed by atoms with Crippen molar-refractivity contribution in [3.05, 3.63) is 35.6 Å². The first-order chi connectivity index (χ1) is 11.5. The molecular weight excluding hydrogens is 311 g/mol. The fraction of sp³-hybridized carbons (Fsp3) is 0.556. The molecule has 24 heavy (non-hydrogen) atoms. The Hall–Kier alpha value is -2.11. The van der Waals surface area contributed by atoms with Crippen LogP contribution in [0.2, 0.25) is 0 Å². The average Bonchev–Trinajstić information content (AvgIpc) is 3.05. The number of nitrogens with zero attached hydrogens (tertiary/aromatic N) is 1. The smallest absolute Gasteiger partial charge is 0.317 e. The van der Waals surface area contributed by atoms with Crippen LogP contribution in [0.15, 0.2) is 24.3 Å². The highest BCUT2D eigenvalue weighted by Gasteiger charge is 2.31. The van der Waals surface area contributed by atoms with Crippen LogP contribution in [0.4, 0.5) is 9.18 Å². The number of carboxylic acids is 1. The van der Waals surface area contributed by atoms with E-state index in [-0.39, 0.29) is 29.7 Å². The van der Waals surface area contributed by atoms with E-state index in [2.05, 4.69) is 5.32 Å². The van der Waals surface area contributed by atoms with Crippen LogP contribution in [0, 0.1) is 11.7 Å². The number of benzene rings is 1. The summed E-state index contributed by atoms with van der Waals surface area (Å²) in [4.78, 5) is 25.1. The summed E-state index contributed by atoms with van der Waals surface area (Å²) in [6.45, 7) is 1.15. The highest BCUT2D eigenvalue weighted by atomic mass is 19.1. The van der Waals surface area contributed by atoms with Gasteiger partial charge in [0.25, 0.3) is 0 Å². The molecule has 1 aromatic carbocycles. The minimum Gasteiger partial charge on any atom is -0.481 e. The van der Waals surface area contributed by atoms with Crippen molar-refractivity contribution in [2.24, 2.45) is 5.92 Å². The van der Waals surface area contributed by atoms with E-state index in [1.807, 2.05) is 6.07 Å². The number of likely N-dealkylation sites (tertiary alicyclic amines) is 1. The Labute approximate surface area is 140 Å². The van der Waals surface area contributed by atoms with Gasteiger partial charge in [0.2, 0.25) is 0 Å². The van der Waals surface area contributed by atoms with E-state index in [0.29, 0.717) is 44.3 Å². The third-order valence-electron chi connectivity index (χ3n) is 5.22. The molecule has 2 N–H and O–H groups in total. The minimum absolute atomic E-state index is 0.0414. The quantitative estimate of drug-likeness (QED) is 0.893. The van der Waals surface area contributed by atoms with Crippen LogP contribution in [-0.2, 0) is 4.79 Å². The Morgan fingerprint density at radius 3 is 2.50 bits per heavy atom. The fourth-order valence-corrected chi connectivity index (χ4v) is 3.76. The van der Waals surface area contributed by atoms with E-state index < -0.39 is 5.97 Å². The largest absolute Gasteiger partial charge is 0.481 e. The topological polar surface area (TPSA) is 69.6 Å². The molecule has 6 heteroatoms.